The zero-order valence-electron chi connectivity index (χ0n) is 14.5. The standard InChI is InChI=1S/C18H27NO2SSi/c1-15-10-11-17-18(12-15,23(2,3)4)14-19(22(17,20)21)13-16-8-6-5-7-9-16/h5-9,12,17H,10-11,13-14H2,1-4H3/t17-,18+/m1/s1. The van der Waals surface area contributed by atoms with Crippen LogP contribution in [0.3, 0.4) is 0 Å². The highest BCUT2D eigenvalue weighted by molar-refractivity contribution is 7.90. The average molecular weight is 350 g/mol. The van der Waals surface area contributed by atoms with Crippen molar-refractivity contribution in [3.8, 4) is 0 Å². The Labute approximate surface area is 141 Å². The lowest BCUT2D eigenvalue weighted by Crippen LogP contribution is -2.48. The molecule has 1 aromatic carbocycles. The molecule has 0 spiro atoms. The predicted octanol–water partition coefficient (Wildman–Crippen LogP) is 4.02. The van der Waals surface area contributed by atoms with E-state index in [1.807, 2.05) is 30.3 Å². The highest BCUT2D eigenvalue weighted by atomic mass is 32.2. The van der Waals surface area contributed by atoms with Gasteiger partial charge in [0.05, 0.1) is 13.3 Å². The second-order valence-electron chi connectivity index (χ2n) is 8.11. The molecule has 3 nitrogen and oxygen atoms in total. The van der Waals surface area contributed by atoms with E-state index < -0.39 is 18.1 Å². The Kier molecular flexibility index (Phi) is 4.10. The largest absolute Gasteiger partial charge is 0.217 e. The molecule has 0 bridgehead atoms. The average Bonchev–Trinajstić information content (AvgIpc) is 2.68. The molecule has 5 heteroatoms. The summed E-state index contributed by atoms with van der Waals surface area (Å²) in [5.74, 6) is 0. The summed E-state index contributed by atoms with van der Waals surface area (Å²) in [6.45, 7) is 10.3. The molecule has 23 heavy (non-hydrogen) atoms. The Bertz CT molecular complexity index is 721. The van der Waals surface area contributed by atoms with Crippen molar-refractivity contribution in [3.05, 3.63) is 47.5 Å². The van der Waals surface area contributed by atoms with E-state index in [4.69, 9.17) is 0 Å². The normalized spacial score (nSPS) is 30.8. The van der Waals surface area contributed by atoms with Crippen molar-refractivity contribution in [1.82, 2.24) is 4.31 Å². The monoisotopic (exact) mass is 349 g/mol. The van der Waals surface area contributed by atoms with E-state index in [-0.39, 0.29) is 10.3 Å². The minimum absolute atomic E-state index is 0.150. The number of hydrogen-bond donors (Lipinski definition) is 0. The number of fused-ring (bicyclic) bond motifs is 1. The summed E-state index contributed by atoms with van der Waals surface area (Å²) >= 11 is 0. The molecule has 1 fully saturated rings. The predicted molar refractivity (Wildman–Crippen MR) is 98.6 cm³/mol. The molecule has 1 aromatic rings. The van der Waals surface area contributed by atoms with Crippen LogP contribution in [0.25, 0.3) is 0 Å². The van der Waals surface area contributed by atoms with Crippen LogP contribution in [0.4, 0.5) is 0 Å². The van der Waals surface area contributed by atoms with Crippen LogP contribution in [0, 0.1) is 0 Å². The molecular formula is C18H27NO2SSi. The van der Waals surface area contributed by atoms with Gasteiger partial charge in [0.2, 0.25) is 10.0 Å². The summed E-state index contributed by atoms with van der Waals surface area (Å²) in [6, 6.07) is 9.95. The van der Waals surface area contributed by atoms with E-state index in [1.54, 1.807) is 4.31 Å². The van der Waals surface area contributed by atoms with Crippen LogP contribution in [-0.2, 0) is 16.6 Å². The van der Waals surface area contributed by atoms with Gasteiger partial charge in [0, 0.05) is 18.1 Å². The molecular weight excluding hydrogens is 322 g/mol. The van der Waals surface area contributed by atoms with Crippen LogP contribution in [-0.4, -0.2) is 32.6 Å². The van der Waals surface area contributed by atoms with Crippen molar-refractivity contribution in [1.29, 1.82) is 0 Å². The maximum absolute atomic E-state index is 13.2. The molecule has 0 N–H and O–H groups in total. The van der Waals surface area contributed by atoms with Gasteiger partial charge in [-0.2, -0.15) is 4.31 Å². The Morgan fingerprint density at radius 3 is 2.48 bits per heavy atom. The van der Waals surface area contributed by atoms with Gasteiger partial charge < -0.3 is 0 Å². The van der Waals surface area contributed by atoms with E-state index in [1.165, 1.54) is 5.57 Å². The van der Waals surface area contributed by atoms with E-state index in [0.717, 1.165) is 18.4 Å². The van der Waals surface area contributed by atoms with Crippen LogP contribution >= 0.6 is 0 Å². The molecule has 1 aliphatic carbocycles. The van der Waals surface area contributed by atoms with Crippen molar-refractivity contribution in [2.75, 3.05) is 6.54 Å². The highest BCUT2D eigenvalue weighted by Crippen LogP contribution is 2.57. The van der Waals surface area contributed by atoms with Gasteiger partial charge in [-0.25, -0.2) is 8.42 Å². The lowest BCUT2D eigenvalue weighted by molar-refractivity contribution is 0.414. The molecule has 0 aromatic heterocycles. The summed E-state index contributed by atoms with van der Waals surface area (Å²) < 4.78 is 28.2. The smallest absolute Gasteiger partial charge is 0.212 e. The van der Waals surface area contributed by atoms with Gasteiger partial charge in [0.15, 0.2) is 0 Å². The number of benzene rings is 1. The van der Waals surface area contributed by atoms with Crippen molar-refractivity contribution in [2.45, 2.75) is 56.2 Å². The summed E-state index contributed by atoms with van der Waals surface area (Å²) in [7, 11) is -4.92. The van der Waals surface area contributed by atoms with Crippen LogP contribution in [0.15, 0.2) is 42.0 Å². The van der Waals surface area contributed by atoms with Crippen LogP contribution < -0.4 is 0 Å². The molecule has 0 radical (unpaired) electrons. The highest BCUT2D eigenvalue weighted by Gasteiger charge is 2.61. The third kappa shape index (κ3) is 2.73. The van der Waals surface area contributed by atoms with E-state index in [2.05, 4.69) is 32.6 Å². The molecule has 1 heterocycles. The Morgan fingerprint density at radius 1 is 1.22 bits per heavy atom. The van der Waals surface area contributed by atoms with E-state index in [9.17, 15) is 8.42 Å². The first kappa shape index (κ1) is 16.9. The molecule has 0 unspecified atom stereocenters. The summed E-state index contributed by atoms with van der Waals surface area (Å²) in [5, 5.41) is -0.378. The van der Waals surface area contributed by atoms with Gasteiger partial charge in [-0.1, -0.05) is 61.6 Å². The maximum atomic E-state index is 13.2. The molecule has 3 rings (SSSR count). The summed E-state index contributed by atoms with van der Waals surface area (Å²) in [6.07, 6.45) is 4.02. The van der Waals surface area contributed by atoms with Crippen LogP contribution in [0.1, 0.15) is 25.3 Å². The summed E-state index contributed by atoms with van der Waals surface area (Å²) in [5.41, 5.74) is 2.43. The molecule has 2 atom stereocenters. The molecule has 1 saturated heterocycles. The lowest BCUT2D eigenvalue weighted by atomic mass is 9.89. The van der Waals surface area contributed by atoms with Crippen molar-refractivity contribution in [3.63, 3.8) is 0 Å². The second kappa shape index (κ2) is 5.57. The maximum Gasteiger partial charge on any atom is 0.217 e. The number of nitrogens with zero attached hydrogens (tertiary/aromatic N) is 1. The number of sulfonamides is 1. The van der Waals surface area contributed by atoms with Gasteiger partial charge in [0.25, 0.3) is 0 Å². The minimum atomic E-state index is -3.23. The minimum Gasteiger partial charge on any atom is -0.212 e. The second-order valence-corrected chi connectivity index (χ2v) is 15.7. The lowest BCUT2D eigenvalue weighted by Gasteiger charge is -2.44. The zero-order chi connectivity index (χ0) is 16.9. The van der Waals surface area contributed by atoms with Gasteiger partial charge in [0.1, 0.15) is 0 Å². The molecule has 0 saturated carbocycles. The van der Waals surface area contributed by atoms with Gasteiger partial charge in [-0.05, 0) is 25.3 Å². The zero-order valence-corrected chi connectivity index (χ0v) is 16.4. The Balaban J connectivity index is 2.03. The van der Waals surface area contributed by atoms with E-state index in [0.29, 0.717) is 13.1 Å². The fourth-order valence-corrected chi connectivity index (χ4v) is 10.5. The first-order chi connectivity index (χ1) is 10.7. The fraction of sp³-hybridized carbons (Fsp3) is 0.556. The molecule has 2 aliphatic rings. The number of rotatable bonds is 3. The number of hydrogen-bond acceptors (Lipinski definition) is 2. The van der Waals surface area contributed by atoms with Crippen molar-refractivity contribution >= 4 is 18.1 Å². The van der Waals surface area contributed by atoms with Gasteiger partial charge in [-0.15, -0.1) is 0 Å². The molecule has 126 valence electrons. The van der Waals surface area contributed by atoms with Crippen molar-refractivity contribution in [2.24, 2.45) is 0 Å². The third-order valence-corrected chi connectivity index (χ3v) is 11.6. The fourth-order valence-electron chi connectivity index (χ4n) is 4.21. The van der Waals surface area contributed by atoms with E-state index >= 15 is 0 Å². The first-order valence-electron chi connectivity index (χ1n) is 8.38. The SMILES string of the molecule is CC1=C[C@]2([Si](C)(C)C)CN(Cc3ccccc3)S(=O)(=O)[C@@H]2CC1. The van der Waals surface area contributed by atoms with Crippen molar-refractivity contribution < 1.29 is 8.42 Å². The third-order valence-electron chi connectivity index (χ3n) is 5.63. The summed E-state index contributed by atoms with van der Waals surface area (Å²) in [4.78, 5) is 0. The topological polar surface area (TPSA) is 37.4 Å². The quantitative estimate of drug-likeness (QED) is 0.610. The molecule has 0 amide bonds. The molecule has 1 aliphatic heterocycles. The first-order valence-corrected chi connectivity index (χ1v) is 13.4. The van der Waals surface area contributed by atoms with Crippen LogP contribution in [0.5, 0.6) is 0 Å². The Hall–Kier alpha value is -0.913. The Morgan fingerprint density at radius 2 is 1.87 bits per heavy atom. The van der Waals surface area contributed by atoms with Crippen LogP contribution in [0.2, 0.25) is 24.7 Å². The van der Waals surface area contributed by atoms with Gasteiger partial charge in [-0.3, -0.25) is 0 Å². The van der Waals surface area contributed by atoms with Gasteiger partial charge >= 0.3 is 0 Å². The number of allylic oxidation sites excluding steroid dienone is 1.